The monoisotopic (exact) mass is 184 g/mol. The molecule has 0 saturated heterocycles. The number of ether oxygens (including phenoxy) is 1. The van der Waals surface area contributed by atoms with Crippen molar-refractivity contribution in [1.82, 2.24) is 14.8 Å². The van der Waals surface area contributed by atoms with E-state index in [-0.39, 0.29) is 6.10 Å². The lowest BCUT2D eigenvalue weighted by atomic mass is 10.4. The molecule has 0 radical (unpaired) electrons. The maximum absolute atomic E-state index is 5.42. The van der Waals surface area contributed by atoms with E-state index >= 15 is 0 Å². The fourth-order valence-corrected chi connectivity index (χ4v) is 1.01. The van der Waals surface area contributed by atoms with Crippen LogP contribution in [0.1, 0.15) is 19.7 Å². The maximum Gasteiger partial charge on any atom is 0.316 e. The molecule has 1 rings (SSSR count). The Balaban J connectivity index is 2.74. The molecule has 0 saturated carbocycles. The first-order valence-electron chi connectivity index (χ1n) is 4.40. The van der Waals surface area contributed by atoms with Crippen LogP contribution in [0.15, 0.2) is 0 Å². The molecule has 5 nitrogen and oxygen atoms in total. The summed E-state index contributed by atoms with van der Waals surface area (Å²) in [6.07, 6.45) is 0.846. The topological polar surface area (TPSA) is 66.0 Å². The Hall–Kier alpha value is -1.10. The summed E-state index contributed by atoms with van der Waals surface area (Å²) in [7, 11) is 1.88. The molecule has 0 amide bonds. The van der Waals surface area contributed by atoms with Crippen LogP contribution in [-0.2, 0) is 13.5 Å². The van der Waals surface area contributed by atoms with Gasteiger partial charge in [-0.1, -0.05) is 5.10 Å². The number of nitrogens with zero attached hydrogens (tertiary/aromatic N) is 3. The van der Waals surface area contributed by atoms with E-state index in [0.29, 0.717) is 12.6 Å². The molecule has 0 bridgehead atoms. The van der Waals surface area contributed by atoms with E-state index in [9.17, 15) is 0 Å². The second-order valence-electron chi connectivity index (χ2n) is 3.16. The van der Waals surface area contributed by atoms with E-state index in [2.05, 4.69) is 10.2 Å². The Bertz CT molecular complexity index is 269. The summed E-state index contributed by atoms with van der Waals surface area (Å²) in [6, 6.07) is 0.554. The second kappa shape index (κ2) is 4.23. The zero-order valence-electron chi connectivity index (χ0n) is 8.32. The lowest BCUT2D eigenvalue weighted by Crippen LogP contribution is -2.11. The zero-order valence-corrected chi connectivity index (χ0v) is 8.32. The van der Waals surface area contributed by atoms with Crippen LogP contribution in [0.3, 0.4) is 0 Å². The quantitative estimate of drug-likeness (QED) is 0.721. The van der Waals surface area contributed by atoms with Gasteiger partial charge in [0.1, 0.15) is 5.82 Å². The Morgan fingerprint density at radius 2 is 2.15 bits per heavy atom. The van der Waals surface area contributed by atoms with Crippen molar-refractivity contribution in [3.63, 3.8) is 0 Å². The Morgan fingerprint density at radius 3 is 2.69 bits per heavy atom. The van der Waals surface area contributed by atoms with E-state index in [0.717, 1.165) is 12.2 Å². The average molecular weight is 184 g/mol. The molecule has 0 aromatic carbocycles. The van der Waals surface area contributed by atoms with Crippen molar-refractivity contribution in [2.24, 2.45) is 12.8 Å². The molecule has 0 aliphatic heterocycles. The minimum absolute atomic E-state index is 0.119. The van der Waals surface area contributed by atoms with Crippen LogP contribution in [0.4, 0.5) is 0 Å². The van der Waals surface area contributed by atoms with E-state index in [1.54, 1.807) is 0 Å². The van der Waals surface area contributed by atoms with Crippen LogP contribution in [0, 0.1) is 0 Å². The molecule has 0 atom stereocenters. The molecular weight excluding hydrogens is 168 g/mol. The van der Waals surface area contributed by atoms with Crippen molar-refractivity contribution in [2.75, 3.05) is 6.54 Å². The first kappa shape index (κ1) is 9.98. The van der Waals surface area contributed by atoms with Crippen LogP contribution in [0.5, 0.6) is 6.01 Å². The highest BCUT2D eigenvalue weighted by Gasteiger charge is 2.09. The summed E-state index contributed by atoms with van der Waals surface area (Å²) >= 11 is 0. The van der Waals surface area contributed by atoms with Gasteiger partial charge in [0.2, 0.25) is 0 Å². The summed E-state index contributed by atoms with van der Waals surface area (Å²) in [6.45, 7) is 4.49. The van der Waals surface area contributed by atoms with Crippen LogP contribution in [0.2, 0.25) is 0 Å². The molecule has 0 fully saturated rings. The van der Waals surface area contributed by atoms with Crippen molar-refractivity contribution in [2.45, 2.75) is 26.4 Å². The smallest absolute Gasteiger partial charge is 0.316 e. The summed E-state index contributed by atoms with van der Waals surface area (Å²) < 4.78 is 7.25. The molecule has 1 aromatic heterocycles. The second-order valence-corrected chi connectivity index (χ2v) is 3.16. The Morgan fingerprint density at radius 1 is 1.46 bits per heavy atom. The highest BCUT2D eigenvalue weighted by molar-refractivity contribution is 5.00. The van der Waals surface area contributed by atoms with Crippen LogP contribution in [-0.4, -0.2) is 27.4 Å². The van der Waals surface area contributed by atoms with Gasteiger partial charge < -0.3 is 10.5 Å². The van der Waals surface area contributed by atoms with Gasteiger partial charge in [0, 0.05) is 13.5 Å². The van der Waals surface area contributed by atoms with Crippen molar-refractivity contribution in [3.05, 3.63) is 5.82 Å². The first-order chi connectivity index (χ1) is 6.15. The molecule has 0 aliphatic rings. The van der Waals surface area contributed by atoms with Crippen molar-refractivity contribution < 1.29 is 4.74 Å². The lowest BCUT2D eigenvalue weighted by Gasteiger charge is -2.07. The van der Waals surface area contributed by atoms with E-state index < -0.39 is 0 Å². The molecular formula is C8H16N4O. The van der Waals surface area contributed by atoms with Gasteiger partial charge in [0.05, 0.1) is 6.10 Å². The molecule has 5 heteroatoms. The predicted molar refractivity (Wildman–Crippen MR) is 49.5 cm³/mol. The number of hydrogen-bond acceptors (Lipinski definition) is 4. The van der Waals surface area contributed by atoms with Gasteiger partial charge in [-0.3, -0.25) is 4.57 Å². The van der Waals surface area contributed by atoms with Crippen molar-refractivity contribution in [3.8, 4) is 6.01 Å². The van der Waals surface area contributed by atoms with Crippen LogP contribution < -0.4 is 10.5 Å². The third kappa shape index (κ3) is 2.42. The molecule has 0 aliphatic carbocycles. The maximum atomic E-state index is 5.42. The van der Waals surface area contributed by atoms with Crippen molar-refractivity contribution >= 4 is 0 Å². The molecule has 0 spiro atoms. The number of aromatic nitrogens is 3. The minimum Gasteiger partial charge on any atom is -0.461 e. The largest absolute Gasteiger partial charge is 0.461 e. The van der Waals surface area contributed by atoms with Gasteiger partial charge in [0.25, 0.3) is 0 Å². The third-order valence-corrected chi connectivity index (χ3v) is 1.63. The number of hydrogen-bond donors (Lipinski definition) is 1. The van der Waals surface area contributed by atoms with E-state index in [4.69, 9.17) is 10.5 Å². The predicted octanol–water partition coefficient (Wildman–Crippen LogP) is 0.104. The van der Waals surface area contributed by atoms with Crippen LogP contribution in [0.25, 0.3) is 0 Å². The molecule has 74 valence electrons. The third-order valence-electron chi connectivity index (χ3n) is 1.63. The SMILES string of the molecule is CC(C)Oc1nnc(CCN)n1C. The highest BCUT2D eigenvalue weighted by Crippen LogP contribution is 2.09. The number of nitrogens with two attached hydrogens (primary N) is 1. The van der Waals surface area contributed by atoms with Crippen LogP contribution >= 0.6 is 0 Å². The molecule has 13 heavy (non-hydrogen) atoms. The summed E-state index contributed by atoms with van der Waals surface area (Å²) in [5.74, 6) is 0.859. The molecule has 0 unspecified atom stereocenters. The summed E-state index contributed by atoms with van der Waals surface area (Å²) in [5, 5.41) is 7.88. The molecule has 1 heterocycles. The van der Waals surface area contributed by atoms with Gasteiger partial charge in [-0.2, -0.15) is 0 Å². The fraction of sp³-hybridized carbons (Fsp3) is 0.750. The normalized spacial score (nSPS) is 10.8. The van der Waals surface area contributed by atoms with Gasteiger partial charge in [0.15, 0.2) is 0 Å². The standard InChI is InChI=1S/C8H16N4O/c1-6(2)13-8-11-10-7(4-5-9)12(8)3/h6H,4-5,9H2,1-3H3. The number of rotatable bonds is 4. The lowest BCUT2D eigenvalue weighted by molar-refractivity contribution is 0.214. The molecule has 1 aromatic rings. The Kier molecular flexibility index (Phi) is 3.25. The Labute approximate surface area is 77.9 Å². The van der Waals surface area contributed by atoms with E-state index in [1.807, 2.05) is 25.5 Å². The molecule has 2 N–H and O–H groups in total. The van der Waals surface area contributed by atoms with Gasteiger partial charge in [-0.15, -0.1) is 5.10 Å². The first-order valence-corrected chi connectivity index (χ1v) is 4.40. The van der Waals surface area contributed by atoms with Gasteiger partial charge >= 0.3 is 6.01 Å². The minimum atomic E-state index is 0.119. The summed E-state index contributed by atoms with van der Waals surface area (Å²) in [5.41, 5.74) is 5.42. The van der Waals surface area contributed by atoms with E-state index in [1.165, 1.54) is 0 Å². The van der Waals surface area contributed by atoms with Gasteiger partial charge in [-0.25, -0.2) is 0 Å². The highest BCUT2D eigenvalue weighted by atomic mass is 16.5. The zero-order chi connectivity index (χ0) is 9.84. The van der Waals surface area contributed by atoms with Crippen molar-refractivity contribution in [1.29, 1.82) is 0 Å². The fourth-order valence-electron chi connectivity index (χ4n) is 1.01. The van der Waals surface area contributed by atoms with Gasteiger partial charge in [-0.05, 0) is 20.4 Å². The average Bonchev–Trinajstić information content (AvgIpc) is 2.36. The summed E-state index contributed by atoms with van der Waals surface area (Å²) in [4.78, 5) is 0.